The van der Waals surface area contributed by atoms with Crippen molar-refractivity contribution in [1.29, 1.82) is 0 Å². The van der Waals surface area contributed by atoms with E-state index in [-0.39, 0.29) is 32.1 Å². The second-order valence-corrected chi connectivity index (χ2v) is 12.0. The predicted octanol–water partition coefficient (Wildman–Crippen LogP) is 2.66. The van der Waals surface area contributed by atoms with Crippen molar-refractivity contribution in [2.75, 3.05) is 45.3 Å². The molecule has 1 amide bonds. The Morgan fingerprint density at radius 1 is 1.05 bits per heavy atom. The number of hydrogen-bond donors (Lipinski definition) is 2. The number of ketones is 1. The van der Waals surface area contributed by atoms with Crippen molar-refractivity contribution in [1.82, 2.24) is 15.5 Å². The average molecular weight is 581 g/mol. The van der Waals surface area contributed by atoms with E-state index in [9.17, 15) is 26.8 Å². The highest BCUT2D eigenvalue weighted by Crippen LogP contribution is 2.19. The number of nitrogens with one attached hydrogen (secondary N) is 2. The van der Waals surface area contributed by atoms with Gasteiger partial charge in [0, 0.05) is 18.7 Å². The fourth-order valence-electron chi connectivity index (χ4n) is 3.75. The van der Waals surface area contributed by atoms with Gasteiger partial charge in [-0.1, -0.05) is 30.3 Å². The lowest BCUT2D eigenvalue weighted by Crippen LogP contribution is -2.39. The van der Waals surface area contributed by atoms with E-state index in [4.69, 9.17) is 9.47 Å². The molecule has 0 spiro atoms. The van der Waals surface area contributed by atoms with Gasteiger partial charge in [-0.3, -0.25) is 14.7 Å². The summed E-state index contributed by atoms with van der Waals surface area (Å²) in [7, 11) is -4.21. The van der Waals surface area contributed by atoms with Crippen LogP contribution >= 0.6 is 0 Å². The van der Waals surface area contributed by atoms with Crippen LogP contribution in [0.3, 0.4) is 0 Å². The zero-order valence-electron chi connectivity index (χ0n) is 22.7. The lowest BCUT2D eigenvalue weighted by Gasteiger charge is -2.25. The number of halogens is 2. The first-order valence-corrected chi connectivity index (χ1v) is 14.3. The van der Waals surface area contributed by atoms with E-state index in [2.05, 4.69) is 15.6 Å². The Balaban J connectivity index is 1.33. The van der Waals surface area contributed by atoms with Gasteiger partial charge >= 0.3 is 6.09 Å². The largest absolute Gasteiger partial charge is 0.443 e. The molecule has 0 aromatic heterocycles. The minimum atomic E-state index is -4.21. The van der Waals surface area contributed by atoms with Gasteiger partial charge in [0.05, 0.1) is 26.2 Å². The number of benzene rings is 2. The smallest absolute Gasteiger partial charge is 0.416 e. The lowest BCUT2D eigenvalue weighted by molar-refractivity contribution is -0.122. The first-order valence-electron chi connectivity index (χ1n) is 12.7. The summed E-state index contributed by atoms with van der Waals surface area (Å²) in [5, 5.41) is 5.58. The van der Waals surface area contributed by atoms with Crippen LogP contribution in [-0.2, 0) is 30.7 Å². The molecule has 40 heavy (non-hydrogen) atoms. The Labute approximate surface area is 232 Å². The third-order valence-corrected chi connectivity index (χ3v) is 7.12. The molecule has 0 bridgehead atoms. The molecule has 2 aromatic carbocycles. The molecule has 3 rings (SSSR count). The Morgan fingerprint density at radius 3 is 2.38 bits per heavy atom. The molecule has 0 radical (unpaired) electrons. The van der Waals surface area contributed by atoms with Crippen molar-refractivity contribution >= 4 is 27.5 Å². The van der Waals surface area contributed by atoms with Gasteiger partial charge in [-0.05, 0) is 38.5 Å². The summed E-state index contributed by atoms with van der Waals surface area (Å²) in [6.07, 6.45) is -0.436. The molecule has 2 N–H and O–H groups in total. The van der Waals surface area contributed by atoms with Crippen LogP contribution < -0.4 is 10.6 Å². The SMILES string of the molecule is CC(C)(C)OC(=O)N1CCN=C1c1ccc(CNCC(=O)COCCNCS(=O)(=O)c2c(F)cccc2F)cc1. The van der Waals surface area contributed by atoms with Crippen molar-refractivity contribution in [3.8, 4) is 0 Å². The van der Waals surface area contributed by atoms with Crippen LogP contribution in [0.2, 0.25) is 0 Å². The standard InChI is InChI=1S/C27H34F2N4O6S/c1-27(2,3)39-26(35)33-13-11-32-25(33)20-9-7-19(8-10-20)15-31-16-21(34)17-38-14-12-30-18-40(36,37)24-22(28)5-4-6-23(24)29/h4-10,30-31H,11-18H2,1-3H3. The summed E-state index contributed by atoms with van der Waals surface area (Å²) < 4.78 is 62.4. The first kappa shape index (κ1) is 31.3. The maximum Gasteiger partial charge on any atom is 0.416 e. The number of ether oxygens (including phenoxy) is 2. The van der Waals surface area contributed by atoms with E-state index in [0.717, 1.165) is 29.3 Å². The Morgan fingerprint density at radius 2 is 1.73 bits per heavy atom. The van der Waals surface area contributed by atoms with Crippen LogP contribution in [0.15, 0.2) is 52.4 Å². The Hall–Kier alpha value is -3.26. The number of nitrogens with zero attached hydrogens (tertiary/aromatic N) is 2. The normalized spacial score (nSPS) is 13.8. The predicted molar refractivity (Wildman–Crippen MR) is 145 cm³/mol. The summed E-state index contributed by atoms with van der Waals surface area (Å²) in [5.41, 5.74) is 1.11. The first-order chi connectivity index (χ1) is 18.9. The molecule has 0 saturated heterocycles. The number of Topliss-reactive ketones (excluding diaryl/α,β-unsaturated/α-hetero) is 1. The topological polar surface area (TPSA) is 126 Å². The van der Waals surface area contributed by atoms with E-state index < -0.39 is 43.9 Å². The van der Waals surface area contributed by atoms with Gasteiger partial charge in [-0.2, -0.15) is 0 Å². The lowest BCUT2D eigenvalue weighted by atomic mass is 10.1. The molecule has 1 aliphatic rings. The van der Waals surface area contributed by atoms with E-state index in [1.165, 1.54) is 4.90 Å². The zero-order chi connectivity index (χ0) is 29.3. The number of hydrogen-bond acceptors (Lipinski definition) is 9. The van der Waals surface area contributed by atoms with Gasteiger partial charge in [0.25, 0.3) is 0 Å². The molecule has 2 aromatic rings. The fraction of sp³-hybridized carbons (Fsp3) is 0.444. The van der Waals surface area contributed by atoms with E-state index in [1.807, 2.05) is 45.0 Å². The zero-order valence-corrected chi connectivity index (χ0v) is 23.5. The summed E-state index contributed by atoms with van der Waals surface area (Å²) in [6.45, 7) is 6.81. The van der Waals surface area contributed by atoms with Gasteiger partial charge in [0.2, 0.25) is 0 Å². The van der Waals surface area contributed by atoms with Crippen LogP contribution in [-0.4, -0.2) is 81.9 Å². The molecular weight excluding hydrogens is 546 g/mol. The second kappa shape index (κ2) is 13.9. The molecule has 0 fully saturated rings. The number of rotatable bonds is 13. The van der Waals surface area contributed by atoms with E-state index >= 15 is 0 Å². The molecule has 1 heterocycles. The van der Waals surface area contributed by atoms with Gasteiger partial charge in [0.15, 0.2) is 15.6 Å². The third-order valence-electron chi connectivity index (χ3n) is 5.53. The van der Waals surface area contributed by atoms with Crippen LogP contribution in [0.4, 0.5) is 13.6 Å². The third kappa shape index (κ3) is 9.15. The fourth-order valence-corrected chi connectivity index (χ4v) is 5.03. The molecule has 1 aliphatic heterocycles. The highest BCUT2D eigenvalue weighted by atomic mass is 32.2. The minimum absolute atomic E-state index is 0.0344. The molecule has 0 atom stereocenters. The quantitative estimate of drug-likeness (QED) is 0.347. The molecule has 13 heteroatoms. The monoisotopic (exact) mass is 580 g/mol. The molecule has 218 valence electrons. The molecule has 10 nitrogen and oxygen atoms in total. The van der Waals surface area contributed by atoms with Crippen LogP contribution in [0, 0.1) is 11.6 Å². The molecular formula is C27H34F2N4O6S. The number of carbonyl (C=O) groups excluding carboxylic acids is 2. The number of amidine groups is 1. The van der Waals surface area contributed by atoms with Crippen molar-refractivity contribution in [3.63, 3.8) is 0 Å². The van der Waals surface area contributed by atoms with Crippen molar-refractivity contribution in [2.24, 2.45) is 4.99 Å². The minimum Gasteiger partial charge on any atom is -0.443 e. The van der Waals surface area contributed by atoms with E-state index in [1.54, 1.807) is 0 Å². The average Bonchev–Trinajstić information content (AvgIpc) is 3.36. The second-order valence-electron chi connectivity index (χ2n) is 10.0. The molecule has 0 unspecified atom stereocenters. The van der Waals surface area contributed by atoms with Gasteiger partial charge in [-0.25, -0.2) is 22.0 Å². The highest BCUT2D eigenvalue weighted by molar-refractivity contribution is 7.91. The number of amides is 1. The summed E-state index contributed by atoms with van der Waals surface area (Å²) in [6, 6.07) is 10.3. The Bertz CT molecular complexity index is 1310. The van der Waals surface area contributed by atoms with Gasteiger partial charge in [-0.15, -0.1) is 0 Å². The van der Waals surface area contributed by atoms with E-state index in [0.29, 0.717) is 25.5 Å². The number of sulfone groups is 1. The summed E-state index contributed by atoms with van der Waals surface area (Å²) in [5.74, 6) is -2.62. The molecule has 0 saturated carbocycles. The summed E-state index contributed by atoms with van der Waals surface area (Å²) >= 11 is 0. The van der Waals surface area contributed by atoms with Crippen LogP contribution in [0.5, 0.6) is 0 Å². The van der Waals surface area contributed by atoms with Gasteiger partial charge < -0.3 is 20.1 Å². The maximum absolute atomic E-state index is 13.7. The van der Waals surface area contributed by atoms with Crippen molar-refractivity contribution in [3.05, 3.63) is 65.2 Å². The molecule has 0 aliphatic carbocycles. The summed E-state index contributed by atoms with van der Waals surface area (Å²) in [4.78, 5) is 29.5. The van der Waals surface area contributed by atoms with Crippen molar-refractivity contribution < 1.29 is 36.3 Å². The maximum atomic E-state index is 13.7. The highest BCUT2D eigenvalue weighted by Gasteiger charge is 2.29. The van der Waals surface area contributed by atoms with Gasteiger partial charge in [0.1, 0.15) is 40.5 Å². The van der Waals surface area contributed by atoms with Crippen LogP contribution in [0.25, 0.3) is 0 Å². The van der Waals surface area contributed by atoms with Crippen molar-refractivity contribution in [2.45, 2.75) is 37.8 Å². The number of aliphatic imine (C=N–C) groups is 1. The number of carbonyl (C=O) groups is 2. The Kier molecular flexibility index (Phi) is 10.9. The van der Waals surface area contributed by atoms with Crippen LogP contribution in [0.1, 0.15) is 31.9 Å².